The minimum atomic E-state index is -0.910. The second-order valence-electron chi connectivity index (χ2n) is 10.2. The summed E-state index contributed by atoms with van der Waals surface area (Å²) < 4.78 is 1.07. The second kappa shape index (κ2) is 8.19. The summed E-state index contributed by atoms with van der Waals surface area (Å²) in [5.74, 6) is -1.66. The number of rotatable bonds is 4. The molecule has 5 aromatic rings. The van der Waals surface area contributed by atoms with Gasteiger partial charge >= 0.3 is 0 Å². The predicted molar refractivity (Wildman–Crippen MR) is 153 cm³/mol. The summed E-state index contributed by atoms with van der Waals surface area (Å²) in [5, 5.41) is 5.41. The lowest BCUT2D eigenvalue weighted by molar-refractivity contribution is -0.122. The zero-order valence-corrected chi connectivity index (χ0v) is 21.5. The molecule has 2 unspecified atom stereocenters. The standard InChI is InChI=1S/C32H22N4O2S/c37-29-27-26-20-12-4-6-14-22(20)32(23-15-7-5-13-21(23)26,28(27)30(38)36(29)19-10-2-1-3-11-19)18-33-35-31-34-24-16-8-9-17-25(24)39-31/h1-18,26-28H,(H,34,35). The first-order valence-corrected chi connectivity index (χ1v) is 13.8. The van der Waals surface area contributed by atoms with E-state index in [0.29, 0.717) is 10.8 Å². The molecule has 4 aliphatic rings. The van der Waals surface area contributed by atoms with Crippen molar-refractivity contribution < 1.29 is 9.59 Å². The quantitative estimate of drug-likeness (QED) is 0.179. The van der Waals surface area contributed by atoms with Gasteiger partial charge in [-0.05, 0) is 46.5 Å². The molecule has 7 heteroatoms. The van der Waals surface area contributed by atoms with Crippen molar-refractivity contribution >= 4 is 50.4 Å². The highest BCUT2D eigenvalue weighted by atomic mass is 32.1. The number of para-hydroxylation sites is 2. The molecule has 2 bridgehead atoms. The molecule has 2 atom stereocenters. The Kier molecular flexibility index (Phi) is 4.70. The lowest BCUT2D eigenvalue weighted by Gasteiger charge is -2.52. The Labute approximate surface area is 228 Å². The number of aromatic nitrogens is 1. The lowest BCUT2D eigenvalue weighted by Crippen LogP contribution is -2.54. The highest BCUT2D eigenvalue weighted by Crippen LogP contribution is 2.63. The molecule has 6 nitrogen and oxygen atoms in total. The maximum absolute atomic E-state index is 14.3. The molecular weight excluding hydrogens is 504 g/mol. The van der Waals surface area contributed by atoms with Crippen LogP contribution in [0.4, 0.5) is 10.8 Å². The van der Waals surface area contributed by atoms with Gasteiger partial charge in [-0.25, -0.2) is 9.88 Å². The number of nitrogens with one attached hydrogen (secondary N) is 1. The smallest absolute Gasteiger partial charge is 0.239 e. The van der Waals surface area contributed by atoms with Crippen LogP contribution in [0.3, 0.4) is 0 Å². The molecule has 1 aliphatic heterocycles. The number of thiazole rings is 1. The SMILES string of the molecule is O=C1C2C3c4ccccc4C(C=NNc4nc5ccccc5s4)(c4ccccc43)C2C(=O)N1c1ccccc1. The van der Waals surface area contributed by atoms with Crippen molar-refractivity contribution in [1.82, 2.24) is 4.98 Å². The highest BCUT2D eigenvalue weighted by Gasteiger charge is 2.68. The molecule has 4 aromatic carbocycles. The average molecular weight is 527 g/mol. The highest BCUT2D eigenvalue weighted by molar-refractivity contribution is 7.22. The van der Waals surface area contributed by atoms with Crippen molar-refractivity contribution in [1.29, 1.82) is 0 Å². The van der Waals surface area contributed by atoms with Crippen LogP contribution in [0.5, 0.6) is 0 Å². The maximum atomic E-state index is 14.3. The molecule has 1 aromatic heterocycles. The van der Waals surface area contributed by atoms with Crippen molar-refractivity contribution in [3.05, 3.63) is 125 Å². The number of nitrogens with zero attached hydrogens (tertiary/aromatic N) is 3. The zero-order valence-electron chi connectivity index (χ0n) is 20.7. The van der Waals surface area contributed by atoms with E-state index in [1.165, 1.54) is 16.2 Å². The lowest BCUT2D eigenvalue weighted by atomic mass is 9.47. The Morgan fingerprint density at radius 3 is 2.15 bits per heavy atom. The topological polar surface area (TPSA) is 74.7 Å². The minimum absolute atomic E-state index is 0.151. The van der Waals surface area contributed by atoms with Crippen molar-refractivity contribution in [2.45, 2.75) is 11.3 Å². The monoisotopic (exact) mass is 526 g/mol. The first kappa shape index (κ1) is 22.4. The Morgan fingerprint density at radius 1 is 0.795 bits per heavy atom. The molecule has 2 amide bonds. The number of benzene rings is 4. The van der Waals surface area contributed by atoms with Gasteiger partial charge in [0.2, 0.25) is 16.9 Å². The van der Waals surface area contributed by atoms with E-state index in [4.69, 9.17) is 5.10 Å². The fourth-order valence-corrected chi connectivity index (χ4v) is 7.81. The molecule has 1 fully saturated rings. The number of hydrazone groups is 1. The van der Waals surface area contributed by atoms with E-state index >= 15 is 0 Å². The van der Waals surface area contributed by atoms with Crippen molar-refractivity contribution in [2.75, 3.05) is 10.3 Å². The van der Waals surface area contributed by atoms with Gasteiger partial charge in [-0.2, -0.15) is 5.10 Å². The summed E-state index contributed by atoms with van der Waals surface area (Å²) >= 11 is 1.52. The average Bonchev–Trinajstić information content (AvgIpc) is 3.52. The van der Waals surface area contributed by atoms with Crippen LogP contribution in [0.1, 0.15) is 28.2 Å². The van der Waals surface area contributed by atoms with Gasteiger partial charge in [-0.1, -0.05) is 90.2 Å². The van der Waals surface area contributed by atoms with Crippen LogP contribution in [0.15, 0.2) is 108 Å². The summed E-state index contributed by atoms with van der Waals surface area (Å²) in [6, 6.07) is 33.6. The normalized spacial score (nSPS) is 24.7. The molecular formula is C32H22N4O2S. The van der Waals surface area contributed by atoms with E-state index in [-0.39, 0.29) is 17.7 Å². The number of carbonyl (C=O) groups is 2. The van der Waals surface area contributed by atoms with E-state index in [0.717, 1.165) is 32.5 Å². The summed E-state index contributed by atoms with van der Waals surface area (Å²) in [6.45, 7) is 0. The largest absolute Gasteiger partial charge is 0.274 e. The first-order valence-electron chi connectivity index (χ1n) is 13.0. The van der Waals surface area contributed by atoms with E-state index in [1.54, 1.807) is 0 Å². The molecule has 0 spiro atoms. The number of fused-ring (bicyclic) bond motifs is 1. The number of anilines is 2. The fourth-order valence-electron chi connectivity index (χ4n) is 6.99. The van der Waals surface area contributed by atoms with E-state index in [2.05, 4.69) is 34.7 Å². The Bertz CT molecular complexity index is 1750. The summed E-state index contributed by atoms with van der Waals surface area (Å²) in [4.78, 5) is 34.5. The van der Waals surface area contributed by atoms with Crippen LogP contribution in [-0.2, 0) is 15.0 Å². The Hall–Kier alpha value is -4.62. The molecule has 188 valence electrons. The molecule has 9 rings (SSSR count). The van der Waals surface area contributed by atoms with E-state index < -0.39 is 17.3 Å². The molecule has 39 heavy (non-hydrogen) atoms. The summed E-state index contributed by atoms with van der Waals surface area (Å²) in [7, 11) is 0. The van der Waals surface area contributed by atoms with Gasteiger partial charge in [0.25, 0.3) is 0 Å². The van der Waals surface area contributed by atoms with Gasteiger partial charge in [0.15, 0.2) is 0 Å². The van der Waals surface area contributed by atoms with Crippen LogP contribution in [0.25, 0.3) is 10.2 Å². The molecule has 1 saturated heterocycles. The van der Waals surface area contributed by atoms with Gasteiger partial charge in [0, 0.05) is 12.1 Å². The van der Waals surface area contributed by atoms with Crippen LogP contribution < -0.4 is 10.3 Å². The molecule has 0 radical (unpaired) electrons. The molecule has 3 aliphatic carbocycles. The number of hydrogen-bond acceptors (Lipinski definition) is 6. The molecule has 1 N–H and O–H groups in total. The maximum Gasteiger partial charge on any atom is 0.239 e. The summed E-state index contributed by atoms with van der Waals surface area (Å²) in [6.07, 6.45) is 1.85. The first-order chi connectivity index (χ1) is 19.2. The molecule has 0 saturated carbocycles. The van der Waals surface area contributed by atoms with Gasteiger partial charge in [-0.15, -0.1) is 0 Å². The third-order valence-corrected chi connectivity index (χ3v) is 9.36. The number of imide groups is 1. The number of carbonyl (C=O) groups excluding carboxylic acids is 2. The van der Waals surface area contributed by atoms with Crippen LogP contribution in [-0.4, -0.2) is 23.0 Å². The van der Waals surface area contributed by atoms with Crippen molar-refractivity contribution in [2.24, 2.45) is 16.9 Å². The fraction of sp³-hybridized carbons (Fsp3) is 0.125. The van der Waals surface area contributed by atoms with Crippen LogP contribution in [0.2, 0.25) is 0 Å². The van der Waals surface area contributed by atoms with Gasteiger partial charge in [0.1, 0.15) is 0 Å². The van der Waals surface area contributed by atoms with Crippen LogP contribution in [0, 0.1) is 11.8 Å². The Morgan fingerprint density at radius 2 is 1.44 bits per heavy atom. The van der Waals surface area contributed by atoms with Gasteiger partial charge in [0.05, 0.1) is 33.2 Å². The third kappa shape index (κ3) is 2.96. The van der Waals surface area contributed by atoms with Crippen molar-refractivity contribution in [3.8, 4) is 0 Å². The van der Waals surface area contributed by atoms with E-state index in [1.807, 2.05) is 85.1 Å². The van der Waals surface area contributed by atoms with Gasteiger partial charge in [-0.3, -0.25) is 15.0 Å². The van der Waals surface area contributed by atoms with Crippen molar-refractivity contribution in [3.63, 3.8) is 0 Å². The number of hydrogen-bond donors (Lipinski definition) is 1. The second-order valence-corrected chi connectivity index (χ2v) is 11.3. The third-order valence-electron chi connectivity index (χ3n) is 8.42. The summed E-state index contributed by atoms with van der Waals surface area (Å²) in [5.41, 5.74) is 7.96. The predicted octanol–water partition coefficient (Wildman–Crippen LogP) is 5.95. The van der Waals surface area contributed by atoms with E-state index in [9.17, 15) is 9.59 Å². The van der Waals surface area contributed by atoms with Gasteiger partial charge < -0.3 is 0 Å². The Balaban J connectivity index is 1.32. The zero-order chi connectivity index (χ0) is 26.1. The minimum Gasteiger partial charge on any atom is -0.274 e. The van der Waals surface area contributed by atoms with Crippen LogP contribution >= 0.6 is 11.3 Å². The number of amides is 2. The molecule has 2 heterocycles.